The fourth-order valence-electron chi connectivity index (χ4n) is 6.66. The van der Waals surface area contributed by atoms with Crippen molar-refractivity contribution in [1.29, 1.82) is 0 Å². The van der Waals surface area contributed by atoms with Crippen LogP contribution < -0.4 is 0 Å². The number of ether oxygens (including phenoxy) is 1. The highest BCUT2D eigenvalue weighted by Gasteiger charge is 2.39. The van der Waals surface area contributed by atoms with E-state index in [-0.39, 0.29) is 30.3 Å². The average Bonchev–Trinajstić information content (AvgIpc) is 3.69. The van der Waals surface area contributed by atoms with Crippen molar-refractivity contribution >= 4 is 52.4 Å². The van der Waals surface area contributed by atoms with E-state index in [0.717, 1.165) is 43.9 Å². The third-order valence-electron chi connectivity index (χ3n) is 8.98. The van der Waals surface area contributed by atoms with Crippen LogP contribution >= 0.6 is 46.4 Å². The summed E-state index contributed by atoms with van der Waals surface area (Å²) < 4.78 is 5.31. The molecule has 4 aromatic rings. The summed E-state index contributed by atoms with van der Waals surface area (Å²) in [5, 5.41) is 11.9. The molecule has 2 aliphatic rings. The Balaban J connectivity index is 0.000000186. The summed E-state index contributed by atoms with van der Waals surface area (Å²) in [6.45, 7) is 7.44. The van der Waals surface area contributed by atoms with Crippen molar-refractivity contribution in [1.82, 2.24) is 9.80 Å². The topological polar surface area (TPSA) is 53.0 Å². The van der Waals surface area contributed by atoms with Gasteiger partial charge >= 0.3 is 5.97 Å². The molecule has 2 heterocycles. The van der Waals surface area contributed by atoms with Crippen molar-refractivity contribution in [2.75, 3.05) is 39.4 Å². The molecule has 2 aliphatic heterocycles. The van der Waals surface area contributed by atoms with Gasteiger partial charge in [0, 0.05) is 63.6 Å². The van der Waals surface area contributed by atoms with Gasteiger partial charge in [0.25, 0.3) is 0 Å². The van der Waals surface area contributed by atoms with Crippen LogP contribution in [0.5, 0.6) is 0 Å². The van der Waals surface area contributed by atoms with Crippen LogP contribution in [0.1, 0.15) is 41.0 Å². The Morgan fingerprint density at radius 3 is 1.66 bits per heavy atom. The fourth-order valence-corrected chi connectivity index (χ4v) is 7.27. The molecule has 4 aromatic carbocycles. The van der Waals surface area contributed by atoms with Gasteiger partial charge in [-0.2, -0.15) is 0 Å². The summed E-state index contributed by atoms with van der Waals surface area (Å²) in [4.78, 5) is 17.2. The zero-order chi connectivity index (χ0) is 33.3. The number of aliphatic hydroxyl groups excluding tert-OH is 1. The molecule has 4 atom stereocenters. The van der Waals surface area contributed by atoms with Crippen LogP contribution in [-0.2, 0) is 22.6 Å². The van der Waals surface area contributed by atoms with Gasteiger partial charge in [-0.05, 0) is 53.4 Å². The highest BCUT2D eigenvalue weighted by Crippen LogP contribution is 2.38. The van der Waals surface area contributed by atoms with E-state index in [1.165, 1.54) is 11.1 Å². The molecule has 0 aliphatic carbocycles. The first kappa shape index (κ1) is 35.7. The number of esters is 1. The molecule has 0 aromatic heterocycles. The van der Waals surface area contributed by atoms with Gasteiger partial charge in [0.1, 0.15) is 0 Å². The number of nitrogens with zero attached hydrogens (tertiary/aromatic N) is 2. The Bertz CT molecular complexity index is 1610. The predicted molar refractivity (Wildman–Crippen MR) is 193 cm³/mol. The van der Waals surface area contributed by atoms with Gasteiger partial charge < -0.3 is 9.84 Å². The largest absolute Gasteiger partial charge is 0.466 e. The van der Waals surface area contributed by atoms with E-state index >= 15 is 0 Å². The third-order valence-corrected chi connectivity index (χ3v) is 10.5. The zero-order valence-corrected chi connectivity index (χ0v) is 29.4. The normalized spacial score (nSPS) is 21.3. The summed E-state index contributed by atoms with van der Waals surface area (Å²) in [7, 11) is 0. The van der Waals surface area contributed by atoms with Crippen LogP contribution in [0, 0.1) is 11.8 Å². The lowest BCUT2D eigenvalue weighted by Crippen LogP contribution is -2.25. The summed E-state index contributed by atoms with van der Waals surface area (Å²) in [5.74, 6) is 0.247. The van der Waals surface area contributed by atoms with Crippen molar-refractivity contribution in [2.24, 2.45) is 11.8 Å². The van der Waals surface area contributed by atoms with Crippen molar-refractivity contribution in [3.8, 4) is 0 Å². The second kappa shape index (κ2) is 17.2. The number of rotatable bonds is 9. The Hall–Kier alpha value is -2.61. The van der Waals surface area contributed by atoms with E-state index in [4.69, 9.17) is 51.1 Å². The fraction of sp³-hybridized carbons (Fsp3) is 0.342. The highest BCUT2D eigenvalue weighted by atomic mass is 35.5. The standard InChI is InChI=1S/C20H21Cl2NO2.C18H19Cl2NO/c1-2-25-20(24)17-13-23(11-14-6-4-3-5-7-14)12-16(17)15-8-9-18(21)19(22)10-15;19-17-7-6-14(8-18(17)20)16-11-21(10-15(16)12-22)9-13-4-2-1-3-5-13/h3-10,16-17H,2,11-13H2,1H3;1-8,15-16,22H,9-12H2. The van der Waals surface area contributed by atoms with E-state index < -0.39 is 0 Å². The summed E-state index contributed by atoms with van der Waals surface area (Å²) in [5.41, 5.74) is 4.72. The molecule has 248 valence electrons. The molecule has 5 nitrogen and oxygen atoms in total. The molecule has 9 heteroatoms. The molecule has 2 saturated heterocycles. The van der Waals surface area contributed by atoms with Gasteiger partial charge in [0.15, 0.2) is 0 Å². The quantitative estimate of drug-likeness (QED) is 0.176. The van der Waals surface area contributed by atoms with Gasteiger partial charge in [-0.25, -0.2) is 0 Å². The Morgan fingerprint density at radius 1 is 0.681 bits per heavy atom. The van der Waals surface area contributed by atoms with Crippen LogP contribution in [0.25, 0.3) is 0 Å². The number of hydrogen-bond acceptors (Lipinski definition) is 5. The van der Waals surface area contributed by atoms with Gasteiger partial charge in [0.05, 0.1) is 32.6 Å². The minimum atomic E-state index is -0.194. The van der Waals surface area contributed by atoms with Gasteiger partial charge in [-0.1, -0.05) is 119 Å². The molecule has 6 rings (SSSR count). The summed E-state index contributed by atoms with van der Waals surface area (Å²) in [6.07, 6.45) is 0. The number of benzene rings is 4. The third kappa shape index (κ3) is 9.51. The lowest BCUT2D eigenvalue weighted by molar-refractivity contribution is -0.148. The van der Waals surface area contributed by atoms with E-state index in [0.29, 0.717) is 39.2 Å². The first-order valence-corrected chi connectivity index (χ1v) is 17.5. The van der Waals surface area contributed by atoms with Crippen LogP contribution in [0.15, 0.2) is 97.1 Å². The Kier molecular flexibility index (Phi) is 13.0. The number of carbonyl (C=O) groups excluding carboxylic acids is 1. The van der Waals surface area contributed by atoms with Gasteiger partial charge in [-0.15, -0.1) is 0 Å². The van der Waals surface area contributed by atoms with Crippen LogP contribution in [0.3, 0.4) is 0 Å². The minimum absolute atomic E-state index is 0.0533. The molecule has 2 fully saturated rings. The average molecular weight is 715 g/mol. The van der Waals surface area contributed by atoms with E-state index in [9.17, 15) is 9.90 Å². The molecular formula is C38H40Cl4N2O3. The van der Waals surface area contributed by atoms with Crippen LogP contribution in [0.2, 0.25) is 20.1 Å². The van der Waals surface area contributed by atoms with Crippen LogP contribution in [-0.4, -0.2) is 60.3 Å². The summed E-state index contributed by atoms with van der Waals surface area (Å²) >= 11 is 24.4. The predicted octanol–water partition coefficient (Wildman–Crippen LogP) is 8.97. The molecule has 0 radical (unpaired) electrons. The molecular weight excluding hydrogens is 674 g/mol. The number of halogens is 4. The first-order chi connectivity index (χ1) is 22.7. The zero-order valence-electron chi connectivity index (χ0n) is 26.4. The van der Waals surface area contributed by atoms with Gasteiger partial charge in [-0.3, -0.25) is 14.6 Å². The lowest BCUT2D eigenvalue weighted by Gasteiger charge is -2.18. The first-order valence-electron chi connectivity index (χ1n) is 16.0. The Labute approximate surface area is 298 Å². The number of aliphatic hydroxyl groups is 1. The number of carbonyl (C=O) groups is 1. The van der Waals surface area contributed by atoms with Crippen molar-refractivity contribution in [2.45, 2.75) is 31.8 Å². The number of hydrogen-bond donors (Lipinski definition) is 1. The molecule has 0 saturated carbocycles. The van der Waals surface area contributed by atoms with Crippen molar-refractivity contribution < 1.29 is 14.6 Å². The van der Waals surface area contributed by atoms with Gasteiger partial charge in [0.2, 0.25) is 0 Å². The number of likely N-dealkylation sites (tertiary alicyclic amines) is 2. The second-order valence-corrected chi connectivity index (χ2v) is 13.8. The van der Waals surface area contributed by atoms with E-state index in [1.54, 1.807) is 6.07 Å². The smallest absolute Gasteiger partial charge is 0.310 e. The summed E-state index contributed by atoms with van der Waals surface area (Å²) in [6, 6.07) is 32.1. The van der Waals surface area contributed by atoms with E-state index in [2.05, 4.69) is 46.2 Å². The molecule has 1 N–H and O–H groups in total. The van der Waals surface area contributed by atoms with Crippen LogP contribution in [0.4, 0.5) is 0 Å². The van der Waals surface area contributed by atoms with Crippen molar-refractivity contribution in [3.63, 3.8) is 0 Å². The maximum atomic E-state index is 12.5. The molecule has 4 unspecified atom stereocenters. The monoisotopic (exact) mass is 712 g/mol. The second-order valence-electron chi connectivity index (χ2n) is 12.2. The molecule has 0 amide bonds. The Morgan fingerprint density at radius 2 is 1.17 bits per heavy atom. The van der Waals surface area contributed by atoms with Crippen molar-refractivity contribution in [3.05, 3.63) is 139 Å². The SMILES string of the molecule is CCOC(=O)C1CN(Cc2ccccc2)CC1c1ccc(Cl)c(Cl)c1.OCC1CN(Cc2ccccc2)CC1c1ccc(Cl)c(Cl)c1. The maximum Gasteiger partial charge on any atom is 0.310 e. The molecule has 47 heavy (non-hydrogen) atoms. The molecule has 0 bridgehead atoms. The minimum Gasteiger partial charge on any atom is -0.466 e. The maximum absolute atomic E-state index is 12.5. The lowest BCUT2D eigenvalue weighted by atomic mass is 9.89. The molecule has 0 spiro atoms. The highest BCUT2D eigenvalue weighted by molar-refractivity contribution is 6.42. The van der Waals surface area contributed by atoms with E-state index in [1.807, 2.05) is 61.5 Å².